The summed E-state index contributed by atoms with van der Waals surface area (Å²) in [5, 5.41) is 0. The maximum Gasteiger partial charge on any atom is 0.240 e. The van der Waals surface area contributed by atoms with E-state index in [0.29, 0.717) is 18.9 Å². The van der Waals surface area contributed by atoms with E-state index in [0.717, 1.165) is 24.9 Å². The highest BCUT2D eigenvalue weighted by Gasteiger charge is 2.29. The topological polar surface area (TPSA) is 92.5 Å². The third kappa shape index (κ3) is 4.23. The number of rotatable bonds is 6. The quantitative estimate of drug-likeness (QED) is 0.799. The molecule has 1 unspecified atom stereocenters. The molecular formula is C15H22ClN3O3S. The fourth-order valence-corrected chi connectivity index (χ4v) is 3.78. The molecule has 1 saturated carbocycles. The molecule has 1 amide bonds. The van der Waals surface area contributed by atoms with Crippen LogP contribution in [0.15, 0.2) is 29.2 Å². The lowest BCUT2D eigenvalue weighted by atomic mass is 10.2. The first kappa shape index (κ1) is 18.2. The van der Waals surface area contributed by atoms with Gasteiger partial charge in [-0.2, -0.15) is 0 Å². The molecule has 2 aliphatic rings. The second kappa shape index (κ2) is 7.17. The standard InChI is InChI=1S/C15H21N3O3S.ClH/c16-14(11-3-4-11)10-17-22(20,21)13-7-5-12(6-8-13)18-9-1-2-15(18)19;/h5-8,11,14,17H,1-4,9-10,16H2;1H. The molecule has 6 nitrogen and oxygen atoms in total. The number of halogens is 1. The summed E-state index contributed by atoms with van der Waals surface area (Å²) in [6, 6.07) is 6.31. The number of amides is 1. The van der Waals surface area contributed by atoms with E-state index in [4.69, 9.17) is 5.73 Å². The largest absolute Gasteiger partial charge is 0.326 e. The van der Waals surface area contributed by atoms with Gasteiger partial charge in [-0.25, -0.2) is 13.1 Å². The van der Waals surface area contributed by atoms with Crippen LogP contribution in [-0.4, -0.2) is 33.5 Å². The summed E-state index contributed by atoms with van der Waals surface area (Å²) in [6.07, 6.45) is 3.57. The predicted molar refractivity (Wildman–Crippen MR) is 91.2 cm³/mol. The zero-order valence-corrected chi connectivity index (χ0v) is 14.4. The van der Waals surface area contributed by atoms with Crippen molar-refractivity contribution in [1.82, 2.24) is 4.72 Å². The van der Waals surface area contributed by atoms with Crippen LogP contribution in [-0.2, 0) is 14.8 Å². The van der Waals surface area contributed by atoms with Gasteiger partial charge in [-0.3, -0.25) is 4.79 Å². The van der Waals surface area contributed by atoms with Crippen molar-refractivity contribution in [3.63, 3.8) is 0 Å². The average Bonchev–Trinajstić information content (AvgIpc) is 3.27. The molecule has 2 fully saturated rings. The number of nitrogens with one attached hydrogen (secondary N) is 1. The Hall–Kier alpha value is -1.15. The molecule has 8 heteroatoms. The number of hydrogen-bond donors (Lipinski definition) is 2. The second-order valence-electron chi connectivity index (χ2n) is 6.00. The van der Waals surface area contributed by atoms with Crippen molar-refractivity contribution in [2.24, 2.45) is 11.7 Å². The molecule has 0 radical (unpaired) electrons. The van der Waals surface area contributed by atoms with Crippen molar-refractivity contribution in [2.75, 3.05) is 18.0 Å². The van der Waals surface area contributed by atoms with E-state index in [2.05, 4.69) is 4.72 Å². The van der Waals surface area contributed by atoms with Gasteiger partial charge in [-0.15, -0.1) is 12.4 Å². The van der Waals surface area contributed by atoms with Crippen molar-refractivity contribution >= 4 is 34.0 Å². The molecule has 1 heterocycles. The van der Waals surface area contributed by atoms with Gasteiger partial charge in [0.1, 0.15) is 0 Å². The lowest BCUT2D eigenvalue weighted by molar-refractivity contribution is -0.117. The smallest absolute Gasteiger partial charge is 0.240 e. The molecule has 23 heavy (non-hydrogen) atoms. The Balaban J connectivity index is 0.00000192. The summed E-state index contributed by atoms with van der Waals surface area (Å²) in [5.74, 6) is 0.537. The van der Waals surface area contributed by atoms with Gasteiger partial charge in [0.25, 0.3) is 0 Å². The zero-order chi connectivity index (χ0) is 15.7. The van der Waals surface area contributed by atoms with E-state index in [1.54, 1.807) is 17.0 Å². The molecule has 3 N–H and O–H groups in total. The molecule has 128 valence electrons. The normalized spacial score (nSPS) is 19.5. The monoisotopic (exact) mass is 359 g/mol. The van der Waals surface area contributed by atoms with E-state index in [1.807, 2.05) is 0 Å². The molecule has 1 aromatic carbocycles. The Bertz CT molecular complexity index is 659. The fraction of sp³-hybridized carbons (Fsp3) is 0.533. The minimum Gasteiger partial charge on any atom is -0.326 e. The Morgan fingerprint density at radius 2 is 1.91 bits per heavy atom. The van der Waals surface area contributed by atoms with Crippen molar-refractivity contribution in [3.05, 3.63) is 24.3 Å². The predicted octanol–water partition coefficient (Wildman–Crippen LogP) is 1.25. The third-order valence-electron chi connectivity index (χ3n) is 4.27. The van der Waals surface area contributed by atoms with Gasteiger partial charge >= 0.3 is 0 Å². The summed E-state index contributed by atoms with van der Waals surface area (Å²) < 4.78 is 27.0. The van der Waals surface area contributed by atoms with Crippen LogP contribution in [0.2, 0.25) is 0 Å². The van der Waals surface area contributed by atoms with E-state index < -0.39 is 10.0 Å². The van der Waals surface area contributed by atoms with Gasteiger partial charge in [0.2, 0.25) is 15.9 Å². The average molecular weight is 360 g/mol. The second-order valence-corrected chi connectivity index (χ2v) is 7.76. The number of sulfonamides is 1. The number of hydrogen-bond acceptors (Lipinski definition) is 4. The highest BCUT2D eigenvalue weighted by Crippen LogP contribution is 2.31. The van der Waals surface area contributed by atoms with Gasteiger partial charge < -0.3 is 10.6 Å². The molecular weight excluding hydrogens is 338 g/mol. The molecule has 1 atom stereocenters. The van der Waals surface area contributed by atoms with E-state index in [1.165, 1.54) is 12.1 Å². The van der Waals surface area contributed by atoms with Gasteiger partial charge in [0.15, 0.2) is 0 Å². The number of carbonyl (C=O) groups is 1. The Morgan fingerprint density at radius 3 is 2.43 bits per heavy atom. The first-order valence-corrected chi connectivity index (χ1v) is 9.11. The number of carbonyl (C=O) groups excluding carboxylic acids is 1. The highest BCUT2D eigenvalue weighted by molar-refractivity contribution is 7.89. The Labute approximate surface area is 142 Å². The van der Waals surface area contributed by atoms with Crippen LogP contribution < -0.4 is 15.4 Å². The molecule has 1 aliphatic heterocycles. The fourth-order valence-electron chi connectivity index (χ4n) is 2.71. The van der Waals surface area contributed by atoms with Gasteiger partial charge in [-0.1, -0.05) is 0 Å². The maximum atomic E-state index is 12.2. The van der Waals surface area contributed by atoms with Crippen molar-refractivity contribution in [1.29, 1.82) is 0 Å². The summed E-state index contributed by atoms with van der Waals surface area (Å²) in [7, 11) is -3.55. The number of nitrogens with zero attached hydrogens (tertiary/aromatic N) is 1. The Kier molecular flexibility index (Phi) is 5.67. The van der Waals surface area contributed by atoms with Crippen LogP contribution >= 0.6 is 12.4 Å². The highest BCUT2D eigenvalue weighted by atomic mass is 35.5. The molecule has 0 spiro atoms. The van der Waals surface area contributed by atoms with Crippen LogP contribution in [0.4, 0.5) is 5.69 Å². The summed E-state index contributed by atoms with van der Waals surface area (Å²) >= 11 is 0. The van der Waals surface area contributed by atoms with Crippen LogP contribution in [0.25, 0.3) is 0 Å². The molecule has 0 aromatic heterocycles. The van der Waals surface area contributed by atoms with Crippen LogP contribution in [0.1, 0.15) is 25.7 Å². The maximum absolute atomic E-state index is 12.2. The molecule has 0 bridgehead atoms. The van der Waals surface area contributed by atoms with Gasteiger partial charge in [0.05, 0.1) is 4.90 Å². The van der Waals surface area contributed by atoms with Crippen LogP contribution in [0.5, 0.6) is 0 Å². The SMILES string of the molecule is Cl.NC(CNS(=O)(=O)c1ccc(N2CCCC2=O)cc1)C1CC1. The van der Waals surface area contributed by atoms with E-state index in [-0.39, 0.29) is 35.8 Å². The van der Waals surface area contributed by atoms with Crippen molar-refractivity contribution in [2.45, 2.75) is 36.6 Å². The van der Waals surface area contributed by atoms with E-state index >= 15 is 0 Å². The Morgan fingerprint density at radius 1 is 1.26 bits per heavy atom. The van der Waals surface area contributed by atoms with E-state index in [9.17, 15) is 13.2 Å². The minimum absolute atomic E-state index is 0. The molecule has 3 rings (SSSR count). The summed E-state index contributed by atoms with van der Waals surface area (Å²) in [4.78, 5) is 13.6. The third-order valence-corrected chi connectivity index (χ3v) is 5.71. The molecule has 1 aliphatic carbocycles. The van der Waals surface area contributed by atoms with Gasteiger partial charge in [-0.05, 0) is 49.4 Å². The van der Waals surface area contributed by atoms with Crippen molar-refractivity contribution in [3.8, 4) is 0 Å². The number of nitrogens with two attached hydrogens (primary N) is 1. The molecule has 1 saturated heterocycles. The molecule has 1 aromatic rings. The summed E-state index contributed by atoms with van der Waals surface area (Å²) in [5.41, 5.74) is 6.66. The first-order chi connectivity index (χ1) is 10.5. The zero-order valence-electron chi connectivity index (χ0n) is 12.8. The van der Waals surface area contributed by atoms with Crippen molar-refractivity contribution < 1.29 is 13.2 Å². The first-order valence-electron chi connectivity index (χ1n) is 7.63. The number of anilines is 1. The van der Waals surface area contributed by atoms with Crippen LogP contribution in [0.3, 0.4) is 0 Å². The number of benzene rings is 1. The summed E-state index contributed by atoms with van der Waals surface area (Å²) in [6.45, 7) is 0.957. The van der Waals surface area contributed by atoms with Gasteiger partial charge in [0, 0.05) is 31.2 Å². The van der Waals surface area contributed by atoms with Crippen LogP contribution in [0, 0.1) is 5.92 Å². The lowest BCUT2D eigenvalue weighted by Crippen LogP contribution is -2.38. The minimum atomic E-state index is -3.55. The lowest BCUT2D eigenvalue weighted by Gasteiger charge is -2.16.